The summed E-state index contributed by atoms with van der Waals surface area (Å²) in [5.41, 5.74) is 3.14. The number of carbonyl (C=O) groups is 1. The van der Waals surface area contributed by atoms with Gasteiger partial charge in [-0.2, -0.15) is 5.10 Å². The summed E-state index contributed by atoms with van der Waals surface area (Å²) in [5, 5.41) is 4.93. The molecule has 3 aromatic rings. The highest BCUT2D eigenvalue weighted by atomic mass is 35.5. The van der Waals surface area contributed by atoms with Gasteiger partial charge in [0, 0.05) is 17.4 Å². The highest BCUT2D eigenvalue weighted by Gasteiger charge is 2.20. The lowest BCUT2D eigenvalue weighted by Gasteiger charge is -2.08. The molecule has 0 N–H and O–H groups in total. The molecule has 0 fully saturated rings. The molecule has 2 aromatic heterocycles. The number of ether oxygens (including phenoxy) is 1. The minimum atomic E-state index is -0.479. The van der Waals surface area contributed by atoms with Crippen LogP contribution in [0.5, 0.6) is 5.75 Å². The van der Waals surface area contributed by atoms with Crippen molar-refractivity contribution in [1.82, 2.24) is 14.6 Å². The van der Waals surface area contributed by atoms with Crippen LogP contribution in [0.2, 0.25) is 5.02 Å². The van der Waals surface area contributed by atoms with Crippen LogP contribution < -0.4 is 4.74 Å². The maximum absolute atomic E-state index is 12.5. The van der Waals surface area contributed by atoms with Crippen molar-refractivity contribution >= 4 is 23.2 Å². The zero-order valence-electron chi connectivity index (χ0n) is 12.4. The van der Waals surface area contributed by atoms with Gasteiger partial charge in [0.1, 0.15) is 11.3 Å². The molecule has 0 spiro atoms. The number of fused-ring (bicyclic) bond motifs is 1. The molecule has 5 nitrogen and oxygen atoms in total. The van der Waals surface area contributed by atoms with Gasteiger partial charge in [-0.3, -0.25) is 0 Å². The molecule has 0 unspecified atom stereocenters. The van der Waals surface area contributed by atoms with E-state index in [0.29, 0.717) is 27.7 Å². The van der Waals surface area contributed by atoms with E-state index in [2.05, 4.69) is 10.1 Å². The molecular formula is C16H14ClN3O2. The SMILES string of the molecule is Cc1cc(OC(=O)c2c(C)nn3cccnc23)cc(C)c1Cl. The Hall–Kier alpha value is -2.40. The van der Waals surface area contributed by atoms with Crippen molar-refractivity contribution in [3.63, 3.8) is 0 Å². The summed E-state index contributed by atoms with van der Waals surface area (Å²) in [5.74, 6) is -0.0218. The summed E-state index contributed by atoms with van der Waals surface area (Å²) in [6.45, 7) is 5.49. The van der Waals surface area contributed by atoms with E-state index in [0.717, 1.165) is 11.1 Å². The average Bonchev–Trinajstić information content (AvgIpc) is 2.80. The number of carbonyl (C=O) groups excluding carboxylic acids is 1. The predicted octanol–water partition coefficient (Wildman–Crippen LogP) is 3.53. The van der Waals surface area contributed by atoms with Gasteiger partial charge >= 0.3 is 5.97 Å². The molecule has 0 radical (unpaired) electrons. The fraction of sp³-hybridized carbons (Fsp3) is 0.188. The Kier molecular flexibility index (Phi) is 3.58. The van der Waals surface area contributed by atoms with Gasteiger partial charge in [-0.15, -0.1) is 0 Å². The minimum Gasteiger partial charge on any atom is -0.423 e. The summed E-state index contributed by atoms with van der Waals surface area (Å²) in [4.78, 5) is 16.7. The first-order valence-electron chi connectivity index (χ1n) is 6.76. The van der Waals surface area contributed by atoms with E-state index in [1.54, 1.807) is 42.0 Å². The molecule has 0 atom stereocenters. The van der Waals surface area contributed by atoms with Gasteiger partial charge in [-0.05, 0) is 50.1 Å². The van der Waals surface area contributed by atoms with Crippen LogP contribution in [-0.4, -0.2) is 20.6 Å². The van der Waals surface area contributed by atoms with Gasteiger partial charge in [-0.25, -0.2) is 14.3 Å². The molecule has 22 heavy (non-hydrogen) atoms. The minimum absolute atomic E-state index is 0.367. The van der Waals surface area contributed by atoms with Crippen molar-refractivity contribution in [2.24, 2.45) is 0 Å². The van der Waals surface area contributed by atoms with Crippen LogP contribution in [-0.2, 0) is 0 Å². The van der Waals surface area contributed by atoms with Gasteiger partial charge in [0.25, 0.3) is 0 Å². The van der Waals surface area contributed by atoms with Crippen molar-refractivity contribution in [3.8, 4) is 5.75 Å². The molecular weight excluding hydrogens is 302 g/mol. The first-order chi connectivity index (χ1) is 10.5. The molecule has 6 heteroatoms. The normalized spacial score (nSPS) is 10.9. The fourth-order valence-electron chi connectivity index (χ4n) is 2.36. The third-order valence-corrected chi connectivity index (χ3v) is 3.99. The molecule has 1 aromatic carbocycles. The number of halogens is 1. The maximum Gasteiger partial charge on any atom is 0.349 e. The highest BCUT2D eigenvalue weighted by Crippen LogP contribution is 2.27. The number of benzene rings is 1. The van der Waals surface area contributed by atoms with Crippen LogP contribution in [0.4, 0.5) is 0 Å². The second-order valence-electron chi connectivity index (χ2n) is 5.11. The topological polar surface area (TPSA) is 56.5 Å². The Morgan fingerprint density at radius 2 is 1.91 bits per heavy atom. The predicted molar refractivity (Wildman–Crippen MR) is 83.6 cm³/mol. The smallest absolute Gasteiger partial charge is 0.349 e. The number of aromatic nitrogens is 3. The molecule has 0 bridgehead atoms. The number of hydrogen-bond acceptors (Lipinski definition) is 4. The summed E-state index contributed by atoms with van der Waals surface area (Å²) in [6.07, 6.45) is 3.35. The lowest BCUT2D eigenvalue weighted by Crippen LogP contribution is -2.10. The Labute approximate surface area is 132 Å². The summed E-state index contributed by atoms with van der Waals surface area (Å²) in [7, 11) is 0. The molecule has 2 heterocycles. The van der Waals surface area contributed by atoms with Crippen molar-refractivity contribution in [3.05, 3.63) is 58.0 Å². The van der Waals surface area contributed by atoms with Crippen LogP contribution in [0, 0.1) is 20.8 Å². The van der Waals surface area contributed by atoms with Crippen LogP contribution in [0.1, 0.15) is 27.2 Å². The Balaban J connectivity index is 1.99. The van der Waals surface area contributed by atoms with Gasteiger partial charge in [0.05, 0.1) is 5.69 Å². The van der Waals surface area contributed by atoms with E-state index in [9.17, 15) is 4.79 Å². The average molecular weight is 316 g/mol. The third kappa shape index (κ3) is 2.44. The molecule has 0 aliphatic rings. The van der Waals surface area contributed by atoms with Gasteiger partial charge in [0.2, 0.25) is 0 Å². The summed E-state index contributed by atoms with van der Waals surface area (Å²) >= 11 is 6.13. The maximum atomic E-state index is 12.5. The number of aryl methyl sites for hydroxylation is 3. The summed E-state index contributed by atoms with van der Waals surface area (Å²) < 4.78 is 7.03. The number of hydrogen-bond donors (Lipinski definition) is 0. The number of esters is 1. The number of rotatable bonds is 2. The molecule has 0 aliphatic heterocycles. The van der Waals surface area contributed by atoms with Crippen LogP contribution >= 0.6 is 11.6 Å². The van der Waals surface area contributed by atoms with Crippen LogP contribution in [0.25, 0.3) is 5.65 Å². The zero-order chi connectivity index (χ0) is 15.9. The standard InChI is InChI=1S/C16H14ClN3O2/c1-9-7-12(8-10(2)14(9)17)22-16(21)13-11(3)19-20-6-4-5-18-15(13)20/h4-8H,1-3H3. The van der Waals surface area contributed by atoms with E-state index in [1.807, 2.05) is 13.8 Å². The quantitative estimate of drug-likeness (QED) is 0.536. The molecule has 112 valence electrons. The zero-order valence-corrected chi connectivity index (χ0v) is 13.2. The highest BCUT2D eigenvalue weighted by molar-refractivity contribution is 6.32. The lowest BCUT2D eigenvalue weighted by atomic mass is 10.1. The molecule has 0 saturated heterocycles. The lowest BCUT2D eigenvalue weighted by molar-refractivity contribution is 0.0735. The largest absolute Gasteiger partial charge is 0.423 e. The van der Waals surface area contributed by atoms with Gasteiger partial charge < -0.3 is 4.74 Å². The van der Waals surface area contributed by atoms with Crippen LogP contribution in [0.15, 0.2) is 30.6 Å². The van der Waals surface area contributed by atoms with E-state index in [4.69, 9.17) is 16.3 Å². The third-order valence-electron chi connectivity index (χ3n) is 3.39. The van der Waals surface area contributed by atoms with Crippen molar-refractivity contribution in [1.29, 1.82) is 0 Å². The van der Waals surface area contributed by atoms with Gasteiger partial charge in [0.15, 0.2) is 5.65 Å². The molecule has 0 amide bonds. The van der Waals surface area contributed by atoms with E-state index >= 15 is 0 Å². The summed E-state index contributed by atoms with van der Waals surface area (Å²) in [6, 6.07) is 5.23. The number of nitrogens with zero attached hydrogens (tertiary/aromatic N) is 3. The Morgan fingerprint density at radius 3 is 2.59 bits per heavy atom. The Morgan fingerprint density at radius 1 is 1.23 bits per heavy atom. The van der Waals surface area contributed by atoms with Crippen molar-refractivity contribution < 1.29 is 9.53 Å². The first kappa shape index (κ1) is 14.5. The van der Waals surface area contributed by atoms with E-state index in [1.165, 1.54) is 0 Å². The second kappa shape index (κ2) is 5.42. The monoisotopic (exact) mass is 315 g/mol. The fourth-order valence-corrected chi connectivity index (χ4v) is 2.47. The first-order valence-corrected chi connectivity index (χ1v) is 7.14. The second-order valence-corrected chi connectivity index (χ2v) is 5.49. The Bertz CT molecular complexity index is 863. The molecule has 0 aliphatic carbocycles. The molecule has 3 rings (SSSR count). The van der Waals surface area contributed by atoms with Gasteiger partial charge in [-0.1, -0.05) is 11.6 Å². The van der Waals surface area contributed by atoms with E-state index < -0.39 is 5.97 Å². The van der Waals surface area contributed by atoms with Crippen molar-refractivity contribution in [2.45, 2.75) is 20.8 Å². The van der Waals surface area contributed by atoms with Crippen LogP contribution in [0.3, 0.4) is 0 Å². The van der Waals surface area contributed by atoms with Crippen molar-refractivity contribution in [2.75, 3.05) is 0 Å². The van der Waals surface area contributed by atoms with E-state index in [-0.39, 0.29) is 0 Å². The molecule has 0 saturated carbocycles.